The van der Waals surface area contributed by atoms with Crippen LogP contribution >= 0.6 is 0 Å². The molecule has 0 unspecified atom stereocenters. The molecule has 0 aromatic heterocycles. The molecule has 0 bridgehead atoms. The van der Waals surface area contributed by atoms with E-state index in [1.54, 1.807) is 0 Å². The van der Waals surface area contributed by atoms with Gasteiger partial charge in [-0.2, -0.15) is 13.1 Å². The van der Waals surface area contributed by atoms with Gasteiger partial charge in [0.15, 0.2) is 0 Å². The van der Waals surface area contributed by atoms with E-state index in [-0.39, 0.29) is 19.1 Å². The Morgan fingerprint density at radius 2 is 2.05 bits per heavy atom. The molecule has 0 radical (unpaired) electrons. The Morgan fingerprint density at radius 1 is 1.29 bits per heavy atom. The highest BCUT2D eigenvalue weighted by atomic mass is 32.2. The zero-order valence-corrected chi connectivity index (χ0v) is 13.2. The van der Waals surface area contributed by atoms with Gasteiger partial charge in [0.05, 0.1) is 6.61 Å². The SMILES string of the molecule is CC(C)CNS(=O)(=O)NCc1cccc(C#CCCO)c1. The fraction of sp³-hybridized carbons (Fsp3) is 0.467. The molecule has 0 fully saturated rings. The zero-order valence-electron chi connectivity index (χ0n) is 12.4. The van der Waals surface area contributed by atoms with Crippen LogP contribution in [0, 0.1) is 17.8 Å². The summed E-state index contributed by atoms with van der Waals surface area (Å²) >= 11 is 0. The van der Waals surface area contributed by atoms with Crippen molar-refractivity contribution in [3.8, 4) is 11.8 Å². The number of aliphatic hydroxyl groups excluding tert-OH is 1. The third kappa shape index (κ3) is 7.83. The predicted octanol–water partition coefficient (Wildman–Crippen LogP) is 1.00. The van der Waals surface area contributed by atoms with Gasteiger partial charge in [-0.3, -0.25) is 0 Å². The minimum Gasteiger partial charge on any atom is -0.395 e. The second-order valence-electron chi connectivity index (χ2n) is 5.04. The van der Waals surface area contributed by atoms with Crippen molar-refractivity contribution in [1.29, 1.82) is 0 Å². The smallest absolute Gasteiger partial charge is 0.277 e. The predicted molar refractivity (Wildman–Crippen MR) is 83.6 cm³/mol. The maximum atomic E-state index is 11.7. The van der Waals surface area contributed by atoms with Crippen molar-refractivity contribution in [2.45, 2.75) is 26.8 Å². The summed E-state index contributed by atoms with van der Waals surface area (Å²) < 4.78 is 28.4. The molecule has 1 aromatic rings. The summed E-state index contributed by atoms with van der Waals surface area (Å²) in [5, 5.41) is 8.68. The van der Waals surface area contributed by atoms with Gasteiger partial charge in [0, 0.05) is 25.1 Å². The standard InChI is InChI=1S/C15H22N2O3S/c1-13(2)11-16-21(19,20)17-12-15-8-5-7-14(10-15)6-3-4-9-18/h5,7-8,10,13,16-18H,4,9,11-12H2,1-2H3. The largest absolute Gasteiger partial charge is 0.395 e. The van der Waals surface area contributed by atoms with Crippen molar-refractivity contribution in [2.24, 2.45) is 5.92 Å². The Hall–Kier alpha value is -1.39. The van der Waals surface area contributed by atoms with Crippen molar-refractivity contribution in [3.63, 3.8) is 0 Å². The molecule has 116 valence electrons. The van der Waals surface area contributed by atoms with Crippen LogP contribution in [0.5, 0.6) is 0 Å². The van der Waals surface area contributed by atoms with E-state index in [1.807, 2.05) is 38.1 Å². The molecule has 1 aromatic carbocycles. The highest BCUT2D eigenvalue weighted by Gasteiger charge is 2.09. The molecule has 6 heteroatoms. The van der Waals surface area contributed by atoms with Crippen LogP contribution in [-0.4, -0.2) is 26.7 Å². The monoisotopic (exact) mass is 310 g/mol. The van der Waals surface area contributed by atoms with E-state index in [4.69, 9.17) is 5.11 Å². The van der Waals surface area contributed by atoms with Crippen LogP contribution in [0.15, 0.2) is 24.3 Å². The maximum absolute atomic E-state index is 11.7. The fourth-order valence-corrected chi connectivity index (χ4v) is 2.50. The molecule has 0 heterocycles. The van der Waals surface area contributed by atoms with Gasteiger partial charge in [-0.15, -0.1) is 0 Å². The van der Waals surface area contributed by atoms with E-state index in [0.29, 0.717) is 13.0 Å². The third-order valence-corrected chi connectivity index (χ3v) is 3.62. The second-order valence-corrected chi connectivity index (χ2v) is 6.63. The molecular formula is C15H22N2O3S. The van der Waals surface area contributed by atoms with E-state index in [0.717, 1.165) is 11.1 Å². The average Bonchev–Trinajstić information content (AvgIpc) is 2.44. The Bertz CT molecular complexity index is 601. The van der Waals surface area contributed by atoms with Gasteiger partial charge >= 0.3 is 0 Å². The van der Waals surface area contributed by atoms with Crippen molar-refractivity contribution in [3.05, 3.63) is 35.4 Å². The van der Waals surface area contributed by atoms with Gasteiger partial charge in [0.1, 0.15) is 0 Å². The van der Waals surface area contributed by atoms with E-state index >= 15 is 0 Å². The maximum Gasteiger partial charge on any atom is 0.277 e. The van der Waals surface area contributed by atoms with Crippen molar-refractivity contribution in [1.82, 2.24) is 9.44 Å². The van der Waals surface area contributed by atoms with Crippen LogP contribution in [0.4, 0.5) is 0 Å². The van der Waals surface area contributed by atoms with Gasteiger partial charge in [-0.25, -0.2) is 4.72 Å². The van der Waals surface area contributed by atoms with Gasteiger partial charge in [-0.05, 0) is 23.6 Å². The van der Waals surface area contributed by atoms with Crippen LogP contribution in [0.2, 0.25) is 0 Å². The molecule has 0 aliphatic rings. The van der Waals surface area contributed by atoms with Gasteiger partial charge in [-0.1, -0.05) is 37.8 Å². The molecule has 0 atom stereocenters. The molecule has 21 heavy (non-hydrogen) atoms. The van der Waals surface area contributed by atoms with Crippen LogP contribution < -0.4 is 9.44 Å². The Morgan fingerprint density at radius 3 is 2.71 bits per heavy atom. The number of hydrogen-bond donors (Lipinski definition) is 3. The van der Waals surface area contributed by atoms with Crippen molar-refractivity contribution in [2.75, 3.05) is 13.2 Å². The normalized spacial score (nSPS) is 11.2. The number of aliphatic hydroxyl groups is 1. The Balaban J connectivity index is 2.60. The summed E-state index contributed by atoms with van der Waals surface area (Å²) in [5.41, 5.74) is 1.64. The lowest BCUT2D eigenvalue weighted by Gasteiger charge is -2.10. The van der Waals surface area contributed by atoms with Gasteiger partial charge in [0.2, 0.25) is 0 Å². The third-order valence-electron chi connectivity index (χ3n) is 2.54. The summed E-state index contributed by atoms with van der Waals surface area (Å²) in [5.74, 6) is 6.01. The second kappa shape index (κ2) is 8.80. The lowest BCUT2D eigenvalue weighted by atomic mass is 10.1. The van der Waals surface area contributed by atoms with Crippen molar-refractivity contribution < 1.29 is 13.5 Å². The summed E-state index contributed by atoms with van der Waals surface area (Å²) in [6, 6.07) is 7.34. The molecule has 0 saturated carbocycles. The first-order valence-corrected chi connectivity index (χ1v) is 8.34. The number of rotatable bonds is 7. The summed E-state index contributed by atoms with van der Waals surface area (Å²) in [7, 11) is -3.48. The molecule has 0 saturated heterocycles. The van der Waals surface area contributed by atoms with Gasteiger partial charge < -0.3 is 5.11 Å². The van der Waals surface area contributed by atoms with Crippen LogP contribution in [-0.2, 0) is 16.8 Å². The average molecular weight is 310 g/mol. The summed E-state index contributed by atoms with van der Waals surface area (Å²) in [6.07, 6.45) is 0.427. The lowest BCUT2D eigenvalue weighted by Crippen LogP contribution is -2.37. The lowest BCUT2D eigenvalue weighted by molar-refractivity contribution is 0.305. The zero-order chi connectivity index (χ0) is 15.7. The van der Waals surface area contributed by atoms with Gasteiger partial charge in [0.25, 0.3) is 10.2 Å². The Kier molecular flexibility index (Phi) is 7.40. The topological polar surface area (TPSA) is 78.4 Å². The molecule has 0 spiro atoms. The first-order valence-electron chi connectivity index (χ1n) is 6.86. The summed E-state index contributed by atoms with van der Waals surface area (Å²) in [4.78, 5) is 0. The van der Waals surface area contributed by atoms with Crippen LogP contribution in [0.25, 0.3) is 0 Å². The van der Waals surface area contributed by atoms with Crippen LogP contribution in [0.3, 0.4) is 0 Å². The molecule has 3 N–H and O–H groups in total. The molecule has 0 aliphatic heterocycles. The Labute approximate surface area is 127 Å². The van der Waals surface area contributed by atoms with E-state index in [9.17, 15) is 8.42 Å². The first-order chi connectivity index (χ1) is 9.93. The number of nitrogens with one attached hydrogen (secondary N) is 2. The molecule has 0 aliphatic carbocycles. The molecule has 0 amide bonds. The minimum atomic E-state index is -3.48. The van der Waals surface area contributed by atoms with Crippen LogP contribution in [0.1, 0.15) is 31.4 Å². The minimum absolute atomic E-state index is 0.0357. The number of hydrogen-bond acceptors (Lipinski definition) is 3. The first kappa shape index (κ1) is 17.7. The summed E-state index contributed by atoms with van der Waals surface area (Å²) in [6.45, 7) is 4.53. The molecule has 5 nitrogen and oxygen atoms in total. The van der Waals surface area contributed by atoms with E-state index < -0.39 is 10.2 Å². The van der Waals surface area contributed by atoms with E-state index in [1.165, 1.54) is 0 Å². The highest BCUT2D eigenvalue weighted by molar-refractivity contribution is 7.87. The fourth-order valence-electron chi connectivity index (χ4n) is 1.49. The molecule has 1 rings (SSSR count). The number of benzene rings is 1. The van der Waals surface area contributed by atoms with Crippen molar-refractivity contribution >= 4 is 10.2 Å². The molecular weight excluding hydrogens is 288 g/mol. The quantitative estimate of drug-likeness (QED) is 0.658. The highest BCUT2D eigenvalue weighted by Crippen LogP contribution is 2.04. The van der Waals surface area contributed by atoms with E-state index in [2.05, 4.69) is 21.3 Å².